The summed E-state index contributed by atoms with van der Waals surface area (Å²) in [7, 11) is 0. The monoisotopic (exact) mass is 296 g/mol. The zero-order chi connectivity index (χ0) is 16.8. The van der Waals surface area contributed by atoms with Gasteiger partial charge in [-0.3, -0.25) is 0 Å². The number of aliphatic hydroxyl groups excluding tert-OH is 1. The van der Waals surface area contributed by atoms with Crippen molar-refractivity contribution in [3.05, 3.63) is 67.8 Å². The highest BCUT2D eigenvalue weighted by atomic mass is 16.3. The summed E-state index contributed by atoms with van der Waals surface area (Å²) in [5, 5.41) is 11.1. The van der Waals surface area contributed by atoms with E-state index in [1.807, 2.05) is 0 Å². The Hall–Kier alpha value is -1.60. The maximum Gasteiger partial charge on any atom is 0.105 e. The van der Waals surface area contributed by atoms with Gasteiger partial charge in [0.2, 0.25) is 0 Å². The molecule has 0 aromatic heterocycles. The molecule has 118 valence electrons. The van der Waals surface area contributed by atoms with Crippen LogP contribution >= 0.6 is 0 Å². The van der Waals surface area contributed by atoms with E-state index in [9.17, 15) is 5.11 Å². The standard InChI is InChI=1S/C21H28O/c1-11-9-13(3)19(17(7)15(11)5)21(22)20-14(4)10-12(2)16(6)18(20)8/h9-10,21-22H,1-8H3. The average molecular weight is 296 g/mol. The molecule has 0 saturated carbocycles. The van der Waals surface area contributed by atoms with Crippen molar-refractivity contribution < 1.29 is 5.11 Å². The van der Waals surface area contributed by atoms with Crippen LogP contribution in [0.25, 0.3) is 0 Å². The molecule has 0 radical (unpaired) electrons. The average Bonchev–Trinajstić information content (AvgIpc) is 2.42. The van der Waals surface area contributed by atoms with Gasteiger partial charge in [0.15, 0.2) is 0 Å². The van der Waals surface area contributed by atoms with Gasteiger partial charge in [0.05, 0.1) is 0 Å². The summed E-state index contributed by atoms with van der Waals surface area (Å²) in [4.78, 5) is 0. The second kappa shape index (κ2) is 5.89. The Balaban J connectivity index is 2.72. The fourth-order valence-corrected chi connectivity index (χ4v) is 3.59. The Kier molecular flexibility index (Phi) is 4.49. The van der Waals surface area contributed by atoms with E-state index in [-0.39, 0.29) is 0 Å². The van der Waals surface area contributed by atoms with Gasteiger partial charge in [-0.1, -0.05) is 12.1 Å². The van der Waals surface area contributed by atoms with E-state index in [0.29, 0.717) is 0 Å². The van der Waals surface area contributed by atoms with E-state index in [4.69, 9.17) is 0 Å². The third-order valence-electron chi connectivity index (χ3n) is 5.38. The van der Waals surface area contributed by atoms with E-state index in [0.717, 1.165) is 11.1 Å². The molecule has 2 aromatic carbocycles. The normalized spacial score (nSPS) is 11.4. The Labute approximate surface area is 135 Å². The van der Waals surface area contributed by atoms with Crippen molar-refractivity contribution in [2.24, 2.45) is 0 Å². The number of aliphatic hydroxyl groups is 1. The van der Waals surface area contributed by atoms with Gasteiger partial charge in [-0.2, -0.15) is 0 Å². The largest absolute Gasteiger partial charge is 0.384 e. The van der Waals surface area contributed by atoms with Crippen LogP contribution in [0.15, 0.2) is 12.1 Å². The molecule has 0 spiro atoms. The van der Waals surface area contributed by atoms with Crippen LogP contribution in [-0.2, 0) is 0 Å². The summed E-state index contributed by atoms with van der Waals surface area (Å²) in [6, 6.07) is 4.37. The second-order valence-electron chi connectivity index (χ2n) is 6.75. The molecule has 0 fully saturated rings. The molecule has 0 amide bonds. The molecular weight excluding hydrogens is 268 g/mol. The van der Waals surface area contributed by atoms with Gasteiger partial charge < -0.3 is 5.11 Å². The van der Waals surface area contributed by atoms with Gasteiger partial charge in [-0.25, -0.2) is 0 Å². The third-order valence-corrected chi connectivity index (χ3v) is 5.38. The highest BCUT2D eigenvalue weighted by Gasteiger charge is 2.22. The summed E-state index contributed by atoms with van der Waals surface area (Å²) in [6.45, 7) is 17.0. The molecule has 0 heterocycles. The lowest BCUT2D eigenvalue weighted by atomic mass is 9.84. The first-order valence-electron chi connectivity index (χ1n) is 7.99. The number of hydrogen-bond donors (Lipinski definition) is 1. The maximum atomic E-state index is 11.1. The fourth-order valence-electron chi connectivity index (χ4n) is 3.59. The zero-order valence-corrected chi connectivity index (χ0v) is 15.2. The molecule has 0 unspecified atom stereocenters. The summed E-state index contributed by atoms with van der Waals surface area (Å²) in [5.74, 6) is 0. The smallest absolute Gasteiger partial charge is 0.105 e. The lowest BCUT2D eigenvalue weighted by Gasteiger charge is -2.24. The van der Waals surface area contributed by atoms with Crippen molar-refractivity contribution in [3.8, 4) is 0 Å². The molecule has 1 N–H and O–H groups in total. The molecule has 0 aliphatic rings. The predicted molar refractivity (Wildman–Crippen MR) is 94.8 cm³/mol. The number of hydrogen-bond acceptors (Lipinski definition) is 1. The van der Waals surface area contributed by atoms with Gasteiger partial charge in [0.25, 0.3) is 0 Å². The van der Waals surface area contributed by atoms with Gasteiger partial charge in [-0.05, 0) is 111 Å². The van der Waals surface area contributed by atoms with Crippen molar-refractivity contribution in [1.29, 1.82) is 0 Å². The van der Waals surface area contributed by atoms with Crippen LogP contribution < -0.4 is 0 Å². The fraction of sp³-hybridized carbons (Fsp3) is 0.429. The maximum absolute atomic E-state index is 11.1. The van der Waals surface area contributed by atoms with E-state index in [1.54, 1.807) is 0 Å². The number of benzene rings is 2. The van der Waals surface area contributed by atoms with E-state index >= 15 is 0 Å². The van der Waals surface area contributed by atoms with E-state index in [1.165, 1.54) is 44.5 Å². The summed E-state index contributed by atoms with van der Waals surface area (Å²) in [6.07, 6.45) is -0.557. The molecule has 0 aliphatic carbocycles. The van der Waals surface area contributed by atoms with E-state index in [2.05, 4.69) is 67.5 Å². The summed E-state index contributed by atoms with van der Waals surface area (Å²) in [5.41, 5.74) is 12.0. The first-order valence-corrected chi connectivity index (χ1v) is 7.99. The summed E-state index contributed by atoms with van der Waals surface area (Å²) >= 11 is 0. The Morgan fingerprint density at radius 1 is 0.545 bits per heavy atom. The number of rotatable bonds is 2. The summed E-state index contributed by atoms with van der Waals surface area (Å²) < 4.78 is 0. The molecule has 22 heavy (non-hydrogen) atoms. The second-order valence-corrected chi connectivity index (χ2v) is 6.75. The quantitative estimate of drug-likeness (QED) is 0.804. The molecule has 1 heteroatoms. The molecule has 0 bridgehead atoms. The third kappa shape index (κ3) is 2.59. The zero-order valence-electron chi connectivity index (χ0n) is 15.2. The first-order chi connectivity index (χ1) is 10.2. The minimum Gasteiger partial charge on any atom is -0.384 e. The molecule has 0 saturated heterocycles. The first kappa shape index (κ1) is 16.8. The van der Waals surface area contributed by atoms with Gasteiger partial charge in [0, 0.05) is 0 Å². The molecule has 2 aromatic rings. The highest BCUT2D eigenvalue weighted by molar-refractivity contribution is 5.52. The van der Waals surface area contributed by atoms with Crippen LogP contribution in [0, 0.1) is 55.4 Å². The predicted octanol–water partition coefficient (Wildman–Crippen LogP) is 5.24. The van der Waals surface area contributed by atoms with E-state index < -0.39 is 6.10 Å². The van der Waals surface area contributed by atoms with Gasteiger partial charge in [0.1, 0.15) is 6.10 Å². The highest BCUT2D eigenvalue weighted by Crippen LogP contribution is 2.35. The van der Waals surface area contributed by atoms with Gasteiger partial charge in [-0.15, -0.1) is 0 Å². The molecule has 0 aliphatic heterocycles. The Bertz CT molecular complexity index is 675. The molecule has 2 rings (SSSR count). The SMILES string of the molecule is Cc1cc(C)c(C(O)c2c(C)cc(C)c(C)c2C)c(C)c1C. The number of aryl methyl sites for hydroxylation is 4. The van der Waals surface area contributed by atoms with Crippen LogP contribution in [0.1, 0.15) is 61.7 Å². The minimum absolute atomic E-state index is 0.557. The van der Waals surface area contributed by atoms with Crippen LogP contribution in [0.5, 0.6) is 0 Å². The van der Waals surface area contributed by atoms with Crippen molar-refractivity contribution >= 4 is 0 Å². The van der Waals surface area contributed by atoms with Crippen molar-refractivity contribution in [1.82, 2.24) is 0 Å². The lowest BCUT2D eigenvalue weighted by molar-refractivity contribution is 0.217. The lowest BCUT2D eigenvalue weighted by Crippen LogP contribution is -2.11. The van der Waals surface area contributed by atoms with Crippen LogP contribution in [-0.4, -0.2) is 5.11 Å². The van der Waals surface area contributed by atoms with Crippen LogP contribution in [0.2, 0.25) is 0 Å². The topological polar surface area (TPSA) is 20.2 Å². The van der Waals surface area contributed by atoms with Crippen molar-refractivity contribution in [2.75, 3.05) is 0 Å². The Morgan fingerprint density at radius 3 is 1.18 bits per heavy atom. The van der Waals surface area contributed by atoms with Crippen molar-refractivity contribution in [3.63, 3.8) is 0 Å². The molecule has 0 atom stereocenters. The molecule has 1 nitrogen and oxygen atoms in total. The van der Waals surface area contributed by atoms with Crippen LogP contribution in [0.3, 0.4) is 0 Å². The Morgan fingerprint density at radius 2 is 0.864 bits per heavy atom. The molecular formula is C21H28O. The van der Waals surface area contributed by atoms with Gasteiger partial charge >= 0.3 is 0 Å². The van der Waals surface area contributed by atoms with Crippen LogP contribution in [0.4, 0.5) is 0 Å². The van der Waals surface area contributed by atoms with Crippen molar-refractivity contribution in [2.45, 2.75) is 61.5 Å². The minimum atomic E-state index is -0.557.